The van der Waals surface area contributed by atoms with Crippen LogP contribution in [0, 0.1) is 6.92 Å². The second-order valence-corrected chi connectivity index (χ2v) is 9.14. The SMILES string of the molecule is CCOC(=O)/C=C/c1cccc(-c2c(CC(=O)OCc3ccc(OC)cc3)c(=O)oc3cc(Cl)c(C)cc23)c1. The van der Waals surface area contributed by atoms with E-state index in [4.69, 9.17) is 30.2 Å². The van der Waals surface area contributed by atoms with Crippen LogP contribution >= 0.6 is 11.6 Å². The van der Waals surface area contributed by atoms with Crippen LogP contribution in [0.1, 0.15) is 29.2 Å². The molecule has 200 valence electrons. The fourth-order valence-electron chi connectivity index (χ4n) is 4.09. The van der Waals surface area contributed by atoms with E-state index in [9.17, 15) is 14.4 Å². The van der Waals surface area contributed by atoms with E-state index in [0.29, 0.717) is 38.4 Å². The second-order valence-electron chi connectivity index (χ2n) is 8.74. The van der Waals surface area contributed by atoms with Crippen molar-refractivity contribution in [3.05, 3.63) is 104 Å². The fraction of sp³-hybridized carbons (Fsp3) is 0.194. The topological polar surface area (TPSA) is 92.0 Å². The lowest BCUT2D eigenvalue weighted by Crippen LogP contribution is -2.17. The normalized spacial score (nSPS) is 11.1. The van der Waals surface area contributed by atoms with E-state index in [2.05, 4.69) is 0 Å². The van der Waals surface area contributed by atoms with Crippen LogP contribution in [0.25, 0.3) is 28.2 Å². The lowest BCUT2D eigenvalue weighted by atomic mass is 9.93. The highest BCUT2D eigenvalue weighted by atomic mass is 35.5. The summed E-state index contributed by atoms with van der Waals surface area (Å²) in [6.45, 7) is 3.89. The molecule has 0 spiro atoms. The molecule has 0 N–H and O–H groups in total. The van der Waals surface area contributed by atoms with Crippen LogP contribution in [-0.2, 0) is 32.1 Å². The van der Waals surface area contributed by atoms with Crippen molar-refractivity contribution in [2.45, 2.75) is 26.9 Å². The molecule has 3 aromatic carbocycles. The van der Waals surface area contributed by atoms with Crippen LogP contribution < -0.4 is 10.4 Å². The highest BCUT2D eigenvalue weighted by molar-refractivity contribution is 6.32. The molecule has 1 aromatic heterocycles. The summed E-state index contributed by atoms with van der Waals surface area (Å²) >= 11 is 6.31. The summed E-state index contributed by atoms with van der Waals surface area (Å²) in [7, 11) is 1.57. The molecule has 0 fully saturated rings. The van der Waals surface area contributed by atoms with Gasteiger partial charge in [0.25, 0.3) is 0 Å². The number of methoxy groups -OCH3 is 1. The smallest absolute Gasteiger partial charge is 0.340 e. The van der Waals surface area contributed by atoms with Crippen LogP contribution in [0.15, 0.2) is 76.0 Å². The highest BCUT2D eigenvalue weighted by Crippen LogP contribution is 2.34. The van der Waals surface area contributed by atoms with Crippen molar-refractivity contribution in [1.82, 2.24) is 0 Å². The third-order valence-electron chi connectivity index (χ3n) is 6.03. The first kappa shape index (κ1) is 27.7. The van der Waals surface area contributed by atoms with Crippen LogP contribution in [0.3, 0.4) is 0 Å². The van der Waals surface area contributed by atoms with Gasteiger partial charge in [0, 0.05) is 28.1 Å². The van der Waals surface area contributed by atoms with Crippen molar-refractivity contribution in [3.8, 4) is 16.9 Å². The van der Waals surface area contributed by atoms with Crippen LogP contribution in [0.4, 0.5) is 0 Å². The number of halogens is 1. The molecular weight excluding hydrogens is 520 g/mol. The average molecular weight is 547 g/mol. The van der Waals surface area contributed by atoms with Gasteiger partial charge in [0.05, 0.1) is 25.7 Å². The number of esters is 2. The van der Waals surface area contributed by atoms with E-state index in [0.717, 1.165) is 11.1 Å². The van der Waals surface area contributed by atoms with Gasteiger partial charge in [0.2, 0.25) is 0 Å². The van der Waals surface area contributed by atoms with Gasteiger partial charge in [0.15, 0.2) is 0 Å². The lowest BCUT2D eigenvalue weighted by Gasteiger charge is -2.14. The summed E-state index contributed by atoms with van der Waals surface area (Å²) in [5.74, 6) is -0.347. The fourth-order valence-corrected chi connectivity index (χ4v) is 4.25. The van der Waals surface area contributed by atoms with Crippen LogP contribution in [-0.4, -0.2) is 25.7 Å². The predicted molar refractivity (Wildman–Crippen MR) is 150 cm³/mol. The molecule has 0 atom stereocenters. The maximum absolute atomic E-state index is 13.2. The number of hydrogen-bond acceptors (Lipinski definition) is 7. The molecular formula is C31H27ClO7. The van der Waals surface area contributed by atoms with Gasteiger partial charge in [-0.15, -0.1) is 0 Å². The molecule has 1 heterocycles. The van der Waals surface area contributed by atoms with Gasteiger partial charge < -0.3 is 18.6 Å². The Morgan fingerprint density at radius 2 is 1.79 bits per heavy atom. The number of carbonyl (C=O) groups excluding carboxylic acids is 2. The minimum Gasteiger partial charge on any atom is -0.497 e. The van der Waals surface area contributed by atoms with Gasteiger partial charge in [-0.3, -0.25) is 4.79 Å². The standard InChI is InChI=1S/C31H27ClO7/c1-4-37-28(33)13-10-20-6-5-7-22(15-20)30-24-14-19(2)26(32)17-27(24)39-31(35)25(30)16-29(34)38-18-21-8-11-23(36-3)12-9-21/h5-15,17H,4,16,18H2,1-3H3/b13-10+. The molecule has 0 saturated heterocycles. The Kier molecular flexibility index (Phi) is 8.84. The van der Waals surface area contributed by atoms with Crippen molar-refractivity contribution >= 4 is 40.6 Å². The zero-order valence-electron chi connectivity index (χ0n) is 21.8. The Bertz CT molecular complexity index is 1600. The lowest BCUT2D eigenvalue weighted by molar-refractivity contribution is -0.144. The second kappa shape index (κ2) is 12.5. The monoisotopic (exact) mass is 546 g/mol. The zero-order chi connectivity index (χ0) is 27.9. The molecule has 0 saturated carbocycles. The summed E-state index contributed by atoms with van der Waals surface area (Å²) in [5, 5.41) is 1.08. The molecule has 0 bridgehead atoms. The third kappa shape index (κ3) is 6.75. The van der Waals surface area contributed by atoms with E-state index in [1.165, 1.54) is 6.08 Å². The minimum atomic E-state index is -0.661. The molecule has 0 amide bonds. The zero-order valence-corrected chi connectivity index (χ0v) is 22.5. The van der Waals surface area contributed by atoms with Crippen molar-refractivity contribution in [2.24, 2.45) is 0 Å². The van der Waals surface area contributed by atoms with E-state index < -0.39 is 17.6 Å². The molecule has 4 aromatic rings. The summed E-state index contributed by atoms with van der Waals surface area (Å²) in [6, 6.07) is 17.8. The van der Waals surface area contributed by atoms with Crippen LogP contribution in [0.5, 0.6) is 5.75 Å². The largest absolute Gasteiger partial charge is 0.497 e. The number of carbonyl (C=O) groups is 2. The molecule has 0 aliphatic carbocycles. The number of aryl methyl sites for hydroxylation is 1. The Hall–Kier alpha value is -4.36. The number of hydrogen-bond donors (Lipinski definition) is 0. The quantitative estimate of drug-likeness (QED) is 0.138. The highest BCUT2D eigenvalue weighted by Gasteiger charge is 2.21. The van der Waals surface area contributed by atoms with E-state index in [1.54, 1.807) is 56.5 Å². The molecule has 0 aliphatic heterocycles. The van der Waals surface area contributed by atoms with E-state index in [-0.39, 0.29) is 25.2 Å². The Morgan fingerprint density at radius 1 is 1.03 bits per heavy atom. The Labute approximate surface area is 230 Å². The summed E-state index contributed by atoms with van der Waals surface area (Å²) in [4.78, 5) is 37.9. The summed E-state index contributed by atoms with van der Waals surface area (Å²) in [6.07, 6.45) is 2.66. The number of benzene rings is 3. The maximum atomic E-state index is 13.2. The Morgan fingerprint density at radius 3 is 2.51 bits per heavy atom. The molecule has 39 heavy (non-hydrogen) atoms. The molecule has 4 rings (SSSR count). The van der Waals surface area contributed by atoms with Crippen molar-refractivity contribution < 1.29 is 28.2 Å². The van der Waals surface area contributed by atoms with Crippen molar-refractivity contribution in [2.75, 3.05) is 13.7 Å². The first-order valence-corrected chi connectivity index (χ1v) is 12.7. The minimum absolute atomic E-state index is 0.0416. The van der Waals surface area contributed by atoms with E-state index >= 15 is 0 Å². The van der Waals surface area contributed by atoms with Crippen molar-refractivity contribution in [1.29, 1.82) is 0 Å². The van der Waals surface area contributed by atoms with Gasteiger partial charge in [-0.2, -0.15) is 0 Å². The van der Waals surface area contributed by atoms with Gasteiger partial charge in [-0.25, -0.2) is 9.59 Å². The van der Waals surface area contributed by atoms with Gasteiger partial charge in [0.1, 0.15) is 17.9 Å². The first-order chi connectivity index (χ1) is 18.8. The first-order valence-electron chi connectivity index (χ1n) is 12.3. The summed E-state index contributed by atoms with van der Waals surface area (Å²) in [5.41, 5.74) is 3.27. The predicted octanol–water partition coefficient (Wildman–Crippen LogP) is 6.29. The van der Waals surface area contributed by atoms with Gasteiger partial charge >= 0.3 is 17.6 Å². The number of rotatable bonds is 9. The molecule has 8 heteroatoms. The molecule has 0 aliphatic rings. The molecule has 7 nitrogen and oxygen atoms in total. The third-order valence-corrected chi connectivity index (χ3v) is 6.44. The van der Waals surface area contributed by atoms with Gasteiger partial charge in [-0.05, 0) is 66.4 Å². The summed E-state index contributed by atoms with van der Waals surface area (Å²) < 4.78 is 21.2. The molecule has 0 radical (unpaired) electrons. The van der Waals surface area contributed by atoms with Crippen molar-refractivity contribution in [3.63, 3.8) is 0 Å². The van der Waals surface area contributed by atoms with Gasteiger partial charge in [-0.1, -0.05) is 41.9 Å². The van der Waals surface area contributed by atoms with E-state index in [1.807, 2.05) is 31.2 Å². The Balaban J connectivity index is 1.73. The average Bonchev–Trinajstić information content (AvgIpc) is 2.93. The number of fused-ring (bicyclic) bond motifs is 1. The molecule has 0 unspecified atom stereocenters. The van der Waals surface area contributed by atoms with Crippen LogP contribution in [0.2, 0.25) is 5.02 Å². The number of ether oxygens (including phenoxy) is 3. The maximum Gasteiger partial charge on any atom is 0.340 e.